The van der Waals surface area contributed by atoms with Crippen molar-refractivity contribution in [1.29, 1.82) is 0 Å². The number of benzene rings is 5. The first-order valence-corrected chi connectivity index (χ1v) is 21.3. The molecule has 0 aliphatic carbocycles. The van der Waals surface area contributed by atoms with Gasteiger partial charge >= 0.3 is 6.09 Å². The van der Waals surface area contributed by atoms with Gasteiger partial charge in [0, 0.05) is 11.8 Å². The van der Waals surface area contributed by atoms with E-state index in [9.17, 15) is 15.0 Å². The predicted octanol–water partition coefficient (Wildman–Crippen LogP) is 9.40. The number of carboxylic acid groups (broad SMARTS) is 1. The Morgan fingerprint density at radius 1 is 0.719 bits per heavy atom. The monoisotopic (exact) mass is 862 g/mol. The van der Waals surface area contributed by atoms with Crippen LogP contribution in [-0.4, -0.2) is 74.3 Å². The first-order valence-electron chi connectivity index (χ1n) is 21.3. The zero-order valence-corrected chi connectivity index (χ0v) is 36.7. The van der Waals surface area contributed by atoms with Crippen molar-refractivity contribution in [3.63, 3.8) is 0 Å². The first-order chi connectivity index (χ1) is 31.0. The summed E-state index contributed by atoms with van der Waals surface area (Å²) in [6.07, 6.45) is -0.650. The van der Waals surface area contributed by atoms with Gasteiger partial charge in [0.05, 0.1) is 40.1 Å². The van der Waals surface area contributed by atoms with Crippen LogP contribution in [0, 0.1) is 5.41 Å². The maximum atomic E-state index is 14.4. The van der Waals surface area contributed by atoms with Gasteiger partial charge in [0.15, 0.2) is 0 Å². The van der Waals surface area contributed by atoms with Crippen LogP contribution in [0.2, 0.25) is 0 Å². The molecule has 8 rings (SSSR count). The van der Waals surface area contributed by atoms with Crippen LogP contribution in [0.3, 0.4) is 0 Å². The fourth-order valence-corrected chi connectivity index (χ4v) is 9.28. The van der Waals surface area contributed by atoms with Crippen LogP contribution in [0.15, 0.2) is 158 Å². The summed E-state index contributed by atoms with van der Waals surface area (Å²) < 4.78 is 33.6. The summed E-state index contributed by atoms with van der Waals surface area (Å²) in [7, 11) is 3.12. The molecule has 5 aromatic carbocycles. The van der Waals surface area contributed by atoms with E-state index >= 15 is 0 Å². The lowest BCUT2D eigenvalue weighted by atomic mass is 9.70. The van der Waals surface area contributed by atoms with E-state index in [-0.39, 0.29) is 25.8 Å². The Kier molecular flexibility index (Phi) is 12.8. The van der Waals surface area contributed by atoms with E-state index in [0.29, 0.717) is 29.0 Å². The van der Waals surface area contributed by atoms with Gasteiger partial charge in [0.25, 0.3) is 0 Å². The van der Waals surface area contributed by atoms with Crippen molar-refractivity contribution in [2.24, 2.45) is 5.41 Å². The number of rotatable bonds is 16. The summed E-state index contributed by atoms with van der Waals surface area (Å²) >= 11 is 0. The maximum absolute atomic E-state index is 14.4. The molecule has 2 N–H and O–H groups in total. The molecule has 0 saturated carbocycles. The lowest BCUT2D eigenvalue weighted by Crippen LogP contribution is -2.65. The van der Waals surface area contributed by atoms with Gasteiger partial charge in [0.1, 0.15) is 53.2 Å². The van der Waals surface area contributed by atoms with Crippen LogP contribution in [0.5, 0.6) is 11.6 Å². The molecule has 330 valence electrons. The topological polar surface area (TPSA) is 138 Å². The summed E-state index contributed by atoms with van der Waals surface area (Å²) in [6.45, 7) is 5.97. The van der Waals surface area contributed by atoms with Crippen molar-refractivity contribution in [2.45, 2.75) is 70.1 Å². The van der Waals surface area contributed by atoms with Crippen molar-refractivity contribution >= 4 is 17.1 Å². The Morgan fingerprint density at radius 3 is 1.78 bits per heavy atom. The average Bonchev–Trinajstić information content (AvgIpc) is 3.82. The molecular formula is C52H54N4O8. The minimum Gasteiger partial charge on any atom is -0.497 e. The van der Waals surface area contributed by atoms with Crippen molar-refractivity contribution in [1.82, 2.24) is 19.4 Å². The van der Waals surface area contributed by atoms with Crippen molar-refractivity contribution in [2.75, 3.05) is 20.8 Å². The fraction of sp³-hybridized carbons (Fsp3) is 0.288. The Labute approximate surface area is 373 Å². The minimum atomic E-state index is -1.65. The number of ether oxygens (including phenoxy) is 5. The van der Waals surface area contributed by atoms with Gasteiger partial charge in [-0.2, -0.15) is 4.98 Å². The smallest absolute Gasteiger partial charge is 0.408 e. The number of amides is 1. The summed E-state index contributed by atoms with van der Waals surface area (Å²) in [5.74, 6) is 0.956. The Morgan fingerprint density at radius 2 is 1.27 bits per heavy atom. The minimum absolute atomic E-state index is 0.0515. The second-order valence-electron chi connectivity index (χ2n) is 17.0. The molecule has 1 saturated heterocycles. The highest BCUT2D eigenvalue weighted by atomic mass is 16.5. The van der Waals surface area contributed by atoms with Crippen molar-refractivity contribution < 1.29 is 38.7 Å². The molecule has 0 spiro atoms. The van der Waals surface area contributed by atoms with E-state index in [1.807, 2.05) is 177 Å². The van der Waals surface area contributed by atoms with Gasteiger partial charge in [-0.05, 0) is 45.4 Å². The number of carbonyl (C=O) groups is 1. The number of aliphatic hydroxyl groups excluding tert-OH is 1. The highest BCUT2D eigenvalue weighted by Crippen LogP contribution is 2.55. The largest absolute Gasteiger partial charge is 0.497 e. The third-order valence-electron chi connectivity index (χ3n) is 12.5. The molecule has 64 heavy (non-hydrogen) atoms. The highest BCUT2D eigenvalue weighted by molar-refractivity contribution is 5.85. The van der Waals surface area contributed by atoms with Crippen LogP contribution >= 0.6 is 0 Å². The number of aliphatic hydroxyl groups is 1. The van der Waals surface area contributed by atoms with E-state index in [2.05, 4.69) is 4.98 Å². The van der Waals surface area contributed by atoms with Gasteiger partial charge in [-0.25, -0.2) is 9.78 Å². The summed E-state index contributed by atoms with van der Waals surface area (Å²) in [5.41, 5.74) is 1.83. The molecule has 0 bridgehead atoms. The van der Waals surface area contributed by atoms with Gasteiger partial charge in [-0.1, -0.05) is 154 Å². The molecule has 12 heteroatoms. The Balaban J connectivity index is 1.31. The van der Waals surface area contributed by atoms with Gasteiger partial charge in [0.2, 0.25) is 5.88 Å². The van der Waals surface area contributed by atoms with Crippen LogP contribution in [0.4, 0.5) is 4.79 Å². The lowest BCUT2D eigenvalue weighted by Gasteiger charge is -2.51. The summed E-state index contributed by atoms with van der Waals surface area (Å²) in [4.78, 5) is 24.9. The summed E-state index contributed by atoms with van der Waals surface area (Å²) in [6, 6.07) is 45.8. The van der Waals surface area contributed by atoms with Crippen molar-refractivity contribution in [3.05, 3.63) is 191 Å². The van der Waals surface area contributed by atoms with Gasteiger partial charge in [-0.3, -0.25) is 4.90 Å². The first kappa shape index (κ1) is 44.1. The molecule has 7 aromatic rings. The average molecular weight is 863 g/mol. The molecule has 1 aliphatic heterocycles. The Hall–Kier alpha value is -6.57. The number of hydrogen-bond donors (Lipinski definition) is 2. The molecule has 1 aliphatic rings. The van der Waals surface area contributed by atoms with E-state index in [4.69, 9.17) is 28.7 Å². The van der Waals surface area contributed by atoms with E-state index in [1.54, 1.807) is 7.11 Å². The molecule has 1 amide bonds. The van der Waals surface area contributed by atoms with Crippen LogP contribution < -0.4 is 9.47 Å². The standard InChI is InChI=1S/C52H54N4O8/c1-50(2,3)51(33-64-52(38-20-12-7-13-21-38,39-22-14-8-15-23-39)40-24-16-9-17-25-40)47(57)46(63-32-37-26-28-41(60-4)29-27-37)44(56(51)49(58)59)42-30-55(35-62-31-36-18-10-6-11-19-36)45-43(42)53-34-54-48(45)61-5/h6-30,34,44,46-47,57H,31-33,35H2,1-5H3,(H,58,59)/t44-,46-,47+,51+/m0/s1. The number of aromatic nitrogens is 3. The second-order valence-corrected chi connectivity index (χ2v) is 17.0. The van der Waals surface area contributed by atoms with E-state index in [1.165, 1.54) is 18.3 Å². The van der Waals surface area contributed by atoms with Gasteiger partial charge in [-0.15, -0.1) is 0 Å². The molecular weight excluding hydrogens is 809 g/mol. The molecule has 4 atom stereocenters. The molecule has 0 unspecified atom stereocenters. The lowest BCUT2D eigenvalue weighted by molar-refractivity contribution is -0.135. The van der Waals surface area contributed by atoms with Crippen molar-refractivity contribution in [3.8, 4) is 11.6 Å². The molecule has 3 heterocycles. The molecule has 0 radical (unpaired) electrons. The molecule has 1 fully saturated rings. The number of fused-ring (bicyclic) bond motifs is 1. The zero-order chi connectivity index (χ0) is 44.9. The zero-order valence-electron chi connectivity index (χ0n) is 36.7. The number of hydrogen-bond acceptors (Lipinski definition) is 9. The third-order valence-corrected chi connectivity index (χ3v) is 12.5. The highest BCUT2D eigenvalue weighted by Gasteiger charge is 2.67. The summed E-state index contributed by atoms with van der Waals surface area (Å²) in [5, 5.41) is 25.0. The molecule has 2 aromatic heterocycles. The quantitative estimate of drug-likeness (QED) is 0.0905. The van der Waals surface area contributed by atoms with Crippen LogP contribution in [-0.2, 0) is 39.8 Å². The maximum Gasteiger partial charge on any atom is 0.408 e. The van der Waals surface area contributed by atoms with E-state index in [0.717, 1.165) is 27.8 Å². The number of likely N-dealkylation sites (tertiary alicyclic amines) is 1. The normalized spacial score (nSPS) is 18.9. The second kappa shape index (κ2) is 18.6. The predicted molar refractivity (Wildman–Crippen MR) is 243 cm³/mol. The number of methoxy groups -OCH3 is 2. The van der Waals surface area contributed by atoms with Gasteiger partial charge < -0.3 is 38.5 Å². The number of nitrogens with zero attached hydrogens (tertiary/aromatic N) is 4. The molecule has 12 nitrogen and oxygen atoms in total. The van der Waals surface area contributed by atoms with Crippen LogP contribution in [0.1, 0.15) is 60.2 Å². The Bertz CT molecular complexity index is 2530. The van der Waals surface area contributed by atoms with Crippen LogP contribution in [0.25, 0.3) is 11.0 Å². The fourth-order valence-electron chi connectivity index (χ4n) is 9.28. The SMILES string of the molecule is COc1ccc(CO[C@@H]2[C@@H](O)[C@](COC(c3ccccc3)(c3ccccc3)c3ccccc3)(C(C)(C)C)N(C(=O)O)[C@H]2c2cn(COCc3ccccc3)c3c(OC)ncnc23)cc1. The van der Waals surface area contributed by atoms with E-state index < -0.39 is 40.9 Å². The third kappa shape index (κ3) is 8.10.